The van der Waals surface area contributed by atoms with Crippen molar-refractivity contribution in [2.75, 3.05) is 26.2 Å². The fraction of sp³-hybridized carbons (Fsp3) is 0.600. The molecule has 1 aromatic carbocycles. The van der Waals surface area contributed by atoms with Crippen LogP contribution >= 0.6 is 11.6 Å². The number of aliphatic hydroxyl groups is 1. The van der Waals surface area contributed by atoms with Gasteiger partial charge in [0.25, 0.3) is 0 Å². The van der Waals surface area contributed by atoms with E-state index in [4.69, 9.17) is 16.3 Å². The molecular weight excluding hydrogens is 262 g/mol. The predicted octanol–water partition coefficient (Wildman–Crippen LogP) is 2.87. The maximum atomic E-state index is 10.2. The SMILES string of the molecule is CC1(C)CN(CCC(O)c2ccccc2Cl)CCO1. The van der Waals surface area contributed by atoms with Gasteiger partial charge in [0.15, 0.2) is 0 Å². The topological polar surface area (TPSA) is 32.7 Å². The summed E-state index contributed by atoms with van der Waals surface area (Å²) >= 11 is 6.09. The average Bonchev–Trinajstić information content (AvgIpc) is 2.35. The van der Waals surface area contributed by atoms with Gasteiger partial charge < -0.3 is 9.84 Å². The minimum Gasteiger partial charge on any atom is -0.388 e. The molecule has 1 atom stereocenters. The fourth-order valence-corrected chi connectivity index (χ4v) is 2.77. The number of aliphatic hydroxyl groups excluding tert-OH is 1. The van der Waals surface area contributed by atoms with E-state index in [0.29, 0.717) is 11.4 Å². The maximum absolute atomic E-state index is 10.2. The van der Waals surface area contributed by atoms with E-state index in [9.17, 15) is 5.11 Å². The Kier molecular flexibility index (Phi) is 4.85. The van der Waals surface area contributed by atoms with E-state index in [1.54, 1.807) is 0 Å². The van der Waals surface area contributed by atoms with Crippen LogP contribution in [0.3, 0.4) is 0 Å². The molecule has 0 bridgehead atoms. The number of hydrogen-bond donors (Lipinski definition) is 1. The Morgan fingerprint density at radius 2 is 2.16 bits per heavy atom. The first-order valence-corrected chi connectivity index (χ1v) is 7.14. The largest absolute Gasteiger partial charge is 0.388 e. The molecular formula is C15H22ClNO2. The van der Waals surface area contributed by atoms with E-state index in [1.807, 2.05) is 24.3 Å². The van der Waals surface area contributed by atoms with Gasteiger partial charge in [-0.25, -0.2) is 0 Å². The number of halogens is 1. The van der Waals surface area contributed by atoms with Gasteiger partial charge in [-0.3, -0.25) is 4.90 Å². The van der Waals surface area contributed by atoms with E-state index in [1.165, 1.54) is 0 Å². The van der Waals surface area contributed by atoms with Crippen molar-refractivity contribution in [3.05, 3.63) is 34.9 Å². The van der Waals surface area contributed by atoms with Gasteiger partial charge in [0, 0.05) is 24.7 Å². The molecule has 1 aliphatic heterocycles. The molecule has 1 aromatic rings. The normalized spacial score (nSPS) is 21.3. The summed E-state index contributed by atoms with van der Waals surface area (Å²) in [6.07, 6.45) is 0.194. The lowest BCUT2D eigenvalue weighted by Gasteiger charge is -2.38. The summed E-state index contributed by atoms with van der Waals surface area (Å²) in [5.41, 5.74) is 0.727. The summed E-state index contributed by atoms with van der Waals surface area (Å²) in [7, 11) is 0. The Hall–Kier alpha value is -0.610. The summed E-state index contributed by atoms with van der Waals surface area (Å²) < 4.78 is 5.68. The van der Waals surface area contributed by atoms with E-state index in [2.05, 4.69) is 18.7 Å². The lowest BCUT2D eigenvalue weighted by Crippen LogP contribution is -2.48. The zero-order chi connectivity index (χ0) is 13.9. The van der Waals surface area contributed by atoms with Gasteiger partial charge in [-0.15, -0.1) is 0 Å². The molecule has 0 aromatic heterocycles. The lowest BCUT2D eigenvalue weighted by molar-refractivity contribution is -0.0878. The predicted molar refractivity (Wildman–Crippen MR) is 77.5 cm³/mol. The highest BCUT2D eigenvalue weighted by molar-refractivity contribution is 6.31. The van der Waals surface area contributed by atoms with Gasteiger partial charge in [-0.2, -0.15) is 0 Å². The quantitative estimate of drug-likeness (QED) is 0.922. The van der Waals surface area contributed by atoms with E-state index >= 15 is 0 Å². The number of ether oxygens (including phenoxy) is 1. The molecule has 0 radical (unpaired) electrons. The molecule has 0 saturated carbocycles. The molecule has 4 heteroatoms. The van der Waals surface area contributed by atoms with Crippen LogP contribution in [0.1, 0.15) is 31.9 Å². The maximum Gasteiger partial charge on any atom is 0.0816 e. The summed E-state index contributed by atoms with van der Waals surface area (Å²) in [4.78, 5) is 2.34. The average molecular weight is 284 g/mol. The van der Waals surface area contributed by atoms with Crippen LogP contribution in [0.4, 0.5) is 0 Å². The summed E-state index contributed by atoms with van der Waals surface area (Å²) in [6.45, 7) is 7.66. The van der Waals surface area contributed by atoms with Crippen molar-refractivity contribution in [1.29, 1.82) is 0 Å². The number of nitrogens with zero attached hydrogens (tertiary/aromatic N) is 1. The molecule has 19 heavy (non-hydrogen) atoms. The molecule has 0 amide bonds. The van der Waals surface area contributed by atoms with Crippen LogP contribution in [0.2, 0.25) is 5.02 Å². The summed E-state index contributed by atoms with van der Waals surface area (Å²) in [5.74, 6) is 0. The standard InChI is InChI=1S/C15H22ClNO2/c1-15(2)11-17(9-10-19-15)8-7-14(18)12-5-3-4-6-13(12)16/h3-6,14,18H,7-11H2,1-2H3. The Bertz CT molecular complexity index is 422. The molecule has 1 saturated heterocycles. The highest BCUT2D eigenvalue weighted by atomic mass is 35.5. The molecule has 1 N–H and O–H groups in total. The van der Waals surface area contributed by atoms with Crippen molar-refractivity contribution in [2.24, 2.45) is 0 Å². The third kappa shape index (κ3) is 4.18. The highest BCUT2D eigenvalue weighted by Crippen LogP contribution is 2.25. The van der Waals surface area contributed by atoms with Gasteiger partial charge in [0.05, 0.1) is 18.3 Å². The number of rotatable bonds is 4. The zero-order valence-corrected chi connectivity index (χ0v) is 12.4. The Balaban J connectivity index is 1.87. The van der Waals surface area contributed by atoms with Crippen LogP contribution in [0.15, 0.2) is 24.3 Å². The van der Waals surface area contributed by atoms with Crippen LogP contribution in [0, 0.1) is 0 Å². The number of benzene rings is 1. The second-order valence-corrected chi connectivity index (χ2v) is 6.12. The minimum atomic E-state index is -0.500. The molecule has 0 aliphatic carbocycles. The van der Waals surface area contributed by atoms with Crippen molar-refractivity contribution in [1.82, 2.24) is 4.90 Å². The van der Waals surface area contributed by atoms with Gasteiger partial charge in [-0.1, -0.05) is 29.8 Å². The van der Waals surface area contributed by atoms with Crippen LogP contribution in [0.5, 0.6) is 0 Å². The highest BCUT2D eigenvalue weighted by Gasteiger charge is 2.27. The van der Waals surface area contributed by atoms with Crippen molar-refractivity contribution in [2.45, 2.75) is 32.0 Å². The van der Waals surface area contributed by atoms with Crippen LogP contribution in [0.25, 0.3) is 0 Å². The van der Waals surface area contributed by atoms with Gasteiger partial charge in [0.2, 0.25) is 0 Å². The van der Waals surface area contributed by atoms with Crippen molar-refractivity contribution >= 4 is 11.6 Å². The molecule has 3 nitrogen and oxygen atoms in total. The lowest BCUT2D eigenvalue weighted by atomic mass is 10.0. The first-order valence-electron chi connectivity index (χ1n) is 6.77. The molecule has 0 spiro atoms. The fourth-order valence-electron chi connectivity index (χ4n) is 2.51. The monoisotopic (exact) mass is 283 g/mol. The smallest absolute Gasteiger partial charge is 0.0816 e. The first-order chi connectivity index (χ1) is 8.98. The summed E-state index contributed by atoms with van der Waals surface area (Å²) in [5, 5.41) is 10.9. The molecule has 1 unspecified atom stereocenters. The van der Waals surface area contributed by atoms with Gasteiger partial charge in [0.1, 0.15) is 0 Å². The summed E-state index contributed by atoms with van der Waals surface area (Å²) in [6, 6.07) is 7.49. The van der Waals surface area contributed by atoms with Crippen LogP contribution in [-0.2, 0) is 4.74 Å². The Labute approximate surface area is 120 Å². The van der Waals surface area contributed by atoms with Crippen molar-refractivity contribution in [3.8, 4) is 0 Å². The third-order valence-electron chi connectivity index (χ3n) is 3.49. The van der Waals surface area contributed by atoms with Crippen LogP contribution in [-0.4, -0.2) is 41.8 Å². The van der Waals surface area contributed by atoms with E-state index < -0.39 is 6.10 Å². The Morgan fingerprint density at radius 1 is 1.42 bits per heavy atom. The zero-order valence-electron chi connectivity index (χ0n) is 11.6. The second-order valence-electron chi connectivity index (χ2n) is 5.71. The first kappa shape index (κ1) is 14.8. The molecule has 1 heterocycles. The van der Waals surface area contributed by atoms with E-state index in [-0.39, 0.29) is 5.60 Å². The van der Waals surface area contributed by atoms with Crippen molar-refractivity contribution in [3.63, 3.8) is 0 Å². The third-order valence-corrected chi connectivity index (χ3v) is 3.83. The van der Waals surface area contributed by atoms with Gasteiger partial charge in [-0.05, 0) is 31.9 Å². The number of hydrogen-bond acceptors (Lipinski definition) is 3. The van der Waals surface area contributed by atoms with E-state index in [0.717, 1.165) is 31.8 Å². The molecule has 2 rings (SSSR count). The molecule has 1 aliphatic rings. The minimum absolute atomic E-state index is 0.0897. The molecule has 1 fully saturated rings. The Morgan fingerprint density at radius 3 is 2.84 bits per heavy atom. The van der Waals surface area contributed by atoms with Gasteiger partial charge >= 0.3 is 0 Å². The van der Waals surface area contributed by atoms with Crippen LogP contribution < -0.4 is 0 Å². The molecule has 106 valence electrons. The second kappa shape index (κ2) is 6.23. The number of morpholine rings is 1. The van der Waals surface area contributed by atoms with Crippen molar-refractivity contribution < 1.29 is 9.84 Å².